The highest BCUT2D eigenvalue weighted by Crippen LogP contribution is 2.39. The van der Waals surface area contributed by atoms with E-state index < -0.39 is 22.0 Å². The molecule has 1 aromatic heterocycles. The van der Waals surface area contributed by atoms with Gasteiger partial charge in [0.05, 0.1) is 6.61 Å². The molecule has 10 heteroatoms. The fourth-order valence-corrected chi connectivity index (χ4v) is 5.88. The molecule has 4 atom stereocenters. The third-order valence-corrected chi connectivity index (χ3v) is 8.01. The highest BCUT2D eigenvalue weighted by Gasteiger charge is 2.38. The lowest BCUT2D eigenvalue weighted by Crippen LogP contribution is -2.50. The lowest BCUT2D eigenvalue weighted by Gasteiger charge is -2.37. The minimum atomic E-state index is -1.93. The van der Waals surface area contributed by atoms with Crippen LogP contribution in [0.4, 0.5) is 9.80 Å². The molecule has 1 saturated carbocycles. The first-order valence-corrected chi connectivity index (χ1v) is 14.2. The fraction of sp³-hybridized carbons (Fsp3) is 0.538. The number of hydrogen-bond acceptors (Lipinski definition) is 6. The van der Waals surface area contributed by atoms with Crippen LogP contribution in [0.2, 0.25) is 0 Å². The number of alkyl halides is 3. The smallest absolute Gasteiger partial charge is 0.409 e. The molecule has 198 valence electrons. The van der Waals surface area contributed by atoms with Crippen LogP contribution in [0.15, 0.2) is 35.7 Å². The molecular weight excluding hydrogens is 543 g/mol. The molecule has 0 aliphatic heterocycles. The summed E-state index contributed by atoms with van der Waals surface area (Å²) in [7, 11) is 0. The molecule has 2 N–H and O–H groups in total. The molecule has 6 nitrogen and oxygen atoms in total. The molecule has 0 saturated heterocycles. The number of anilines is 1. The van der Waals surface area contributed by atoms with Crippen LogP contribution in [0.1, 0.15) is 57.3 Å². The van der Waals surface area contributed by atoms with Gasteiger partial charge in [-0.3, -0.25) is 5.32 Å². The first-order chi connectivity index (χ1) is 17.0. The summed E-state index contributed by atoms with van der Waals surface area (Å²) in [5.41, 5.74) is 1.83. The summed E-state index contributed by atoms with van der Waals surface area (Å²) in [6.07, 6.45) is 0.849. The van der Waals surface area contributed by atoms with E-state index >= 15 is 0 Å². The summed E-state index contributed by atoms with van der Waals surface area (Å²) >= 11 is 20.0. The fourth-order valence-electron chi connectivity index (χ4n) is 4.57. The maximum absolute atomic E-state index is 12.9. The SMILES string of the molecule is CCOC(=O)c1c(-c2ccccc2)csc1N[C@H](NC(=O)O[C@H]1C[C@H](C)CC[C@@H]1C(C)C)C(Cl)(Cl)Cl. The van der Waals surface area contributed by atoms with Crippen LogP contribution in [0.5, 0.6) is 0 Å². The third-order valence-electron chi connectivity index (χ3n) is 6.44. The van der Waals surface area contributed by atoms with Crippen molar-refractivity contribution in [1.29, 1.82) is 0 Å². The van der Waals surface area contributed by atoms with E-state index in [1.807, 2.05) is 35.7 Å². The lowest BCUT2D eigenvalue weighted by molar-refractivity contribution is 0.00534. The molecule has 0 bridgehead atoms. The van der Waals surface area contributed by atoms with Crippen LogP contribution >= 0.6 is 46.1 Å². The molecule has 2 aromatic rings. The average Bonchev–Trinajstić information content (AvgIpc) is 3.22. The van der Waals surface area contributed by atoms with Crippen LogP contribution in [0.25, 0.3) is 11.1 Å². The number of amides is 1. The molecule has 1 aliphatic rings. The number of thiophene rings is 1. The van der Waals surface area contributed by atoms with Gasteiger partial charge in [-0.15, -0.1) is 11.3 Å². The number of ether oxygens (including phenoxy) is 2. The first kappa shape index (κ1) is 28.9. The molecule has 1 fully saturated rings. The highest BCUT2D eigenvalue weighted by atomic mass is 35.6. The number of carbonyl (C=O) groups is 2. The molecule has 1 aromatic carbocycles. The first-order valence-electron chi connectivity index (χ1n) is 12.2. The van der Waals surface area contributed by atoms with Gasteiger partial charge in [-0.2, -0.15) is 0 Å². The van der Waals surface area contributed by atoms with Crippen LogP contribution in [-0.2, 0) is 9.47 Å². The summed E-state index contributed by atoms with van der Waals surface area (Å²) in [4.78, 5) is 25.8. The summed E-state index contributed by atoms with van der Waals surface area (Å²) in [5, 5.41) is 7.94. The maximum Gasteiger partial charge on any atom is 0.409 e. The number of benzene rings is 1. The Kier molecular flexibility index (Phi) is 10.2. The van der Waals surface area contributed by atoms with Crippen molar-refractivity contribution in [1.82, 2.24) is 5.32 Å². The van der Waals surface area contributed by atoms with Gasteiger partial charge in [-0.1, -0.05) is 92.3 Å². The van der Waals surface area contributed by atoms with Crippen molar-refractivity contribution < 1.29 is 19.1 Å². The molecule has 1 aliphatic carbocycles. The average molecular weight is 576 g/mol. The molecule has 0 radical (unpaired) electrons. The topological polar surface area (TPSA) is 76.7 Å². The summed E-state index contributed by atoms with van der Waals surface area (Å²) < 4.78 is 9.20. The van der Waals surface area contributed by atoms with E-state index in [1.165, 1.54) is 11.3 Å². The monoisotopic (exact) mass is 574 g/mol. The van der Waals surface area contributed by atoms with Crippen molar-refractivity contribution in [2.75, 3.05) is 11.9 Å². The Morgan fingerprint density at radius 1 is 1.17 bits per heavy atom. The van der Waals surface area contributed by atoms with Gasteiger partial charge in [0.15, 0.2) is 6.17 Å². The minimum absolute atomic E-state index is 0.206. The van der Waals surface area contributed by atoms with E-state index in [9.17, 15) is 9.59 Å². The van der Waals surface area contributed by atoms with Crippen LogP contribution in [0, 0.1) is 17.8 Å². The molecule has 1 heterocycles. The molecule has 1 amide bonds. The molecule has 3 rings (SSSR count). The number of alkyl carbamates (subject to hydrolysis) is 1. The van der Waals surface area contributed by atoms with E-state index in [0.29, 0.717) is 28.0 Å². The van der Waals surface area contributed by atoms with Crippen LogP contribution in [0.3, 0.4) is 0 Å². The van der Waals surface area contributed by atoms with Crippen molar-refractivity contribution in [3.05, 3.63) is 41.3 Å². The summed E-state index contributed by atoms with van der Waals surface area (Å²) in [6.45, 7) is 8.38. The largest absolute Gasteiger partial charge is 0.462 e. The second-order valence-corrected chi connectivity index (χ2v) is 12.7. The van der Waals surface area contributed by atoms with E-state index in [4.69, 9.17) is 44.3 Å². The van der Waals surface area contributed by atoms with Gasteiger partial charge in [-0.25, -0.2) is 9.59 Å². The Balaban J connectivity index is 1.83. The van der Waals surface area contributed by atoms with Crippen molar-refractivity contribution in [3.63, 3.8) is 0 Å². The number of rotatable bonds is 8. The standard InChI is InChI=1S/C26H33Cl3N2O4S/c1-5-34-23(32)21-19(17-9-7-6-8-10-17)14-36-22(21)30-24(26(27,28)29)31-25(33)35-20-13-16(4)11-12-18(20)15(2)3/h6-10,14-16,18,20,24,30H,5,11-13H2,1-4H3,(H,31,33)/t16-,18-,20+,24-/m1/s1. The number of carbonyl (C=O) groups excluding carboxylic acids is 2. The number of nitrogens with one attached hydrogen (secondary N) is 2. The van der Waals surface area contributed by atoms with E-state index in [-0.39, 0.29) is 18.6 Å². The predicted octanol–water partition coefficient (Wildman–Crippen LogP) is 7.89. The normalized spacial score (nSPS) is 21.1. The Morgan fingerprint density at radius 3 is 2.47 bits per heavy atom. The Labute approximate surface area is 232 Å². The van der Waals surface area contributed by atoms with Crippen molar-refractivity contribution in [2.45, 2.75) is 63.0 Å². The number of halogens is 3. The molecule has 36 heavy (non-hydrogen) atoms. The van der Waals surface area contributed by atoms with Crippen LogP contribution in [-0.4, -0.2) is 34.7 Å². The second kappa shape index (κ2) is 12.7. The van der Waals surface area contributed by atoms with Gasteiger partial charge in [0, 0.05) is 10.9 Å². The molecule has 0 unspecified atom stereocenters. The van der Waals surface area contributed by atoms with E-state index in [2.05, 4.69) is 31.4 Å². The van der Waals surface area contributed by atoms with Gasteiger partial charge in [-0.05, 0) is 43.1 Å². The summed E-state index contributed by atoms with van der Waals surface area (Å²) in [5.74, 6) is 0.607. The minimum Gasteiger partial charge on any atom is -0.462 e. The maximum atomic E-state index is 12.9. The zero-order valence-electron chi connectivity index (χ0n) is 20.9. The van der Waals surface area contributed by atoms with Gasteiger partial charge in [0.25, 0.3) is 0 Å². The van der Waals surface area contributed by atoms with E-state index in [1.54, 1.807) is 6.92 Å². The molecule has 0 spiro atoms. The third kappa shape index (κ3) is 7.44. The predicted molar refractivity (Wildman–Crippen MR) is 148 cm³/mol. The van der Waals surface area contributed by atoms with E-state index in [0.717, 1.165) is 24.8 Å². The van der Waals surface area contributed by atoms with Gasteiger partial charge in [0.2, 0.25) is 3.79 Å². The lowest BCUT2D eigenvalue weighted by atomic mass is 9.75. The molecular formula is C26H33Cl3N2O4S. The van der Waals surface area contributed by atoms with Crippen molar-refractivity contribution in [2.24, 2.45) is 17.8 Å². The zero-order valence-corrected chi connectivity index (χ0v) is 23.9. The Hall–Kier alpha value is -1.67. The Bertz CT molecular complexity index is 1030. The van der Waals surface area contributed by atoms with Crippen molar-refractivity contribution >= 4 is 63.2 Å². The second-order valence-electron chi connectivity index (χ2n) is 9.47. The quantitative estimate of drug-likeness (QED) is 0.190. The number of esters is 1. The Morgan fingerprint density at radius 2 is 1.86 bits per heavy atom. The van der Waals surface area contributed by atoms with Crippen LogP contribution < -0.4 is 10.6 Å². The summed E-state index contributed by atoms with van der Waals surface area (Å²) in [6, 6.07) is 9.45. The van der Waals surface area contributed by atoms with Gasteiger partial charge < -0.3 is 14.8 Å². The number of hydrogen-bond donors (Lipinski definition) is 2. The van der Waals surface area contributed by atoms with Gasteiger partial charge in [0.1, 0.15) is 16.7 Å². The van der Waals surface area contributed by atoms with Crippen molar-refractivity contribution in [3.8, 4) is 11.1 Å². The van der Waals surface area contributed by atoms with Gasteiger partial charge >= 0.3 is 12.1 Å². The zero-order chi connectivity index (χ0) is 26.5. The highest BCUT2D eigenvalue weighted by molar-refractivity contribution is 7.15.